The van der Waals surface area contributed by atoms with Gasteiger partial charge in [0, 0.05) is 30.6 Å². The lowest BCUT2D eigenvalue weighted by molar-refractivity contribution is 0.231. The first-order valence-corrected chi connectivity index (χ1v) is 11.0. The van der Waals surface area contributed by atoms with E-state index in [1.165, 1.54) is 18.2 Å². The lowest BCUT2D eigenvalue weighted by Gasteiger charge is -2.39. The second-order valence-electron chi connectivity index (χ2n) is 8.70. The number of aromatic nitrogens is 7. The molecule has 0 spiro atoms. The van der Waals surface area contributed by atoms with Crippen molar-refractivity contribution in [2.24, 2.45) is 0 Å². The maximum atomic E-state index is 6.32. The third-order valence-electron chi connectivity index (χ3n) is 6.47. The summed E-state index contributed by atoms with van der Waals surface area (Å²) in [6.07, 6.45) is 8.65. The largest absolute Gasteiger partial charge is 0.468 e. The molecule has 0 bridgehead atoms. The third kappa shape index (κ3) is 3.55. The van der Waals surface area contributed by atoms with E-state index in [4.69, 9.17) is 14.4 Å². The molecule has 0 unspecified atom stereocenters. The van der Waals surface area contributed by atoms with Crippen LogP contribution in [0.1, 0.15) is 43.1 Å². The molecule has 33 heavy (non-hydrogen) atoms. The number of benzene rings is 1. The van der Waals surface area contributed by atoms with E-state index < -0.39 is 0 Å². The highest BCUT2D eigenvalue weighted by molar-refractivity contribution is 5.56. The molecule has 1 saturated carbocycles. The molecule has 9 heteroatoms. The molecule has 0 N–H and O–H groups in total. The minimum absolute atomic E-state index is 0.0174. The van der Waals surface area contributed by atoms with E-state index in [-0.39, 0.29) is 5.41 Å². The van der Waals surface area contributed by atoms with Gasteiger partial charge < -0.3 is 13.8 Å². The Balaban J connectivity index is 1.34. The van der Waals surface area contributed by atoms with Crippen LogP contribution in [-0.4, -0.2) is 34.5 Å². The molecule has 166 valence electrons. The molecule has 4 aromatic heterocycles. The van der Waals surface area contributed by atoms with Crippen LogP contribution in [0.4, 0.5) is 0 Å². The maximum Gasteiger partial charge on any atom is 0.236 e. The molecule has 1 aromatic carbocycles. The van der Waals surface area contributed by atoms with E-state index in [0.717, 1.165) is 30.8 Å². The summed E-state index contributed by atoms with van der Waals surface area (Å²) in [5.74, 6) is 1.92. The van der Waals surface area contributed by atoms with Gasteiger partial charge in [-0.25, -0.2) is 4.98 Å². The molecule has 5 aromatic rings. The number of nitrogens with zero attached hydrogens (tertiary/aromatic N) is 7. The molecule has 1 aliphatic carbocycles. The summed E-state index contributed by atoms with van der Waals surface area (Å²) in [6, 6.07) is 14.1. The Morgan fingerprint density at radius 3 is 2.76 bits per heavy atom. The van der Waals surface area contributed by atoms with Crippen molar-refractivity contribution in [3.8, 4) is 17.4 Å². The average Bonchev–Trinajstić information content (AvgIpc) is 3.57. The summed E-state index contributed by atoms with van der Waals surface area (Å²) in [5, 5.41) is 17.4. The standard InChI is InChI=1S/C24H23N7O2/c1-24(9-5-10-24)18-14-20-26-27-22(19-8-13-33-29-19)31(20)28-23(18)32-16-21-25-11-12-30(21)15-17-6-3-2-4-7-17/h2-4,6-8,11-14H,5,9-10,15-16H2,1H3. The molecule has 0 aliphatic heterocycles. The van der Waals surface area contributed by atoms with Gasteiger partial charge in [-0.05, 0) is 29.9 Å². The lowest BCUT2D eigenvalue weighted by atomic mass is 9.66. The van der Waals surface area contributed by atoms with Crippen LogP contribution >= 0.6 is 0 Å². The number of rotatable bonds is 7. The SMILES string of the molecule is CC1(c2cc3nnc(-c4ccon4)n3nc2OCc2nccn2Cc2ccccc2)CCC1. The van der Waals surface area contributed by atoms with Crippen molar-refractivity contribution < 1.29 is 9.26 Å². The average molecular weight is 441 g/mol. The van der Waals surface area contributed by atoms with Crippen molar-refractivity contribution in [3.63, 3.8) is 0 Å². The second-order valence-corrected chi connectivity index (χ2v) is 8.70. The molecule has 9 nitrogen and oxygen atoms in total. The molecular weight excluding hydrogens is 418 g/mol. The van der Waals surface area contributed by atoms with Gasteiger partial charge in [0.15, 0.2) is 11.3 Å². The van der Waals surface area contributed by atoms with Crippen molar-refractivity contribution in [1.82, 2.24) is 34.5 Å². The summed E-state index contributed by atoms with van der Waals surface area (Å²) in [6.45, 7) is 3.29. The number of imidazole rings is 1. The first kappa shape index (κ1) is 19.7. The Bertz CT molecular complexity index is 1390. The van der Waals surface area contributed by atoms with Gasteiger partial charge in [-0.1, -0.05) is 48.8 Å². The fourth-order valence-electron chi connectivity index (χ4n) is 4.36. The topological polar surface area (TPSA) is 96.2 Å². The first-order valence-electron chi connectivity index (χ1n) is 11.0. The first-order chi connectivity index (χ1) is 16.2. The van der Waals surface area contributed by atoms with Gasteiger partial charge in [-0.3, -0.25) is 0 Å². The van der Waals surface area contributed by atoms with E-state index in [1.54, 1.807) is 16.8 Å². The molecule has 1 aliphatic rings. The Labute approximate surface area is 190 Å². The Morgan fingerprint density at radius 2 is 2.00 bits per heavy atom. The Morgan fingerprint density at radius 1 is 1.12 bits per heavy atom. The molecule has 1 fully saturated rings. The Kier molecular flexibility index (Phi) is 4.67. The van der Waals surface area contributed by atoms with Crippen LogP contribution in [0, 0.1) is 0 Å². The van der Waals surface area contributed by atoms with Crippen LogP contribution in [-0.2, 0) is 18.6 Å². The van der Waals surface area contributed by atoms with Gasteiger partial charge >= 0.3 is 0 Å². The maximum absolute atomic E-state index is 6.32. The third-order valence-corrected chi connectivity index (χ3v) is 6.47. The Hall–Kier alpha value is -4.01. The summed E-state index contributed by atoms with van der Waals surface area (Å²) >= 11 is 0. The minimum atomic E-state index is 0.0174. The van der Waals surface area contributed by atoms with Crippen molar-refractivity contribution in [1.29, 1.82) is 0 Å². The summed E-state index contributed by atoms with van der Waals surface area (Å²) in [4.78, 5) is 4.52. The van der Waals surface area contributed by atoms with Crippen LogP contribution in [0.3, 0.4) is 0 Å². The minimum Gasteiger partial charge on any atom is -0.468 e. The zero-order valence-corrected chi connectivity index (χ0v) is 18.3. The normalized spacial score (nSPS) is 14.9. The quantitative estimate of drug-likeness (QED) is 0.376. The highest BCUT2D eigenvalue weighted by atomic mass is 16.5. The highest BCUT2D eigenvalue weighted by Crippen LogP contribution is 2.46. The van der Waals surface area contributed by atoms with Crippen LogP contribution < -0.4 is 4.74 Å². The molecule has 6 rings (SSSR count). The number of ether oxygens (including phenoxy) is 1. The van der Waals surface area contributed by atoms with Crippen molar-refractivity contribution in [2.75, 3.05) is 0 Å². The van der Waals surface area contributed by atoms with Crippen molar-refractivity contribution >= 4 is 5.65 Å². The van der Waals surface area contributed by atoms with Crippen molar-refractivity contribution in [3.05, 3.63) is 78.1 Å². The summed E-state index contributed by atoms with van der Waals surface area (Å²) < 4.78 is 15.1. The van der Waals surface area contributed by atoms with E-state index in [2.05, 4.69) is 44.0 Å². The zero-order valence-electron chi connectivity index (χ0n) is 18.3. The fraction of sp³-hybridized carbons (Fsp3) is 0.292. The molecule has 0 radical (unpaired) electrons. The lowest BCUT2D eigenvalue weighted by Crippen LogP contribution is -2.31. The fourth-order valence-corrected chi connectivity index (χ4v) is 4.36. The van der Waals surface area contributed by atoms with Crippen LogP contribution in [0.15, 0.2) is 65.6 Å². The summed E-state index contributed by atoms with van der Waals surface area (Å²) in [7, 11) is 0. The molecule has 0 atom stereocenters. The van der Waals surface area contributed by atoms with Crippen molar-refractivity contribution in [2.45, 2.75) is 44.8 Å². The van der Waals surface area contributed by atoms with E-state index in [0.29, 0.717) is 29.7 Å². The number of fused-ring (bicyclic) bond motifs is 1. The van der Waals surface area contributed by atoms with Gasteiger partial charge in [-0.2, -0.15) is 4.52 Å². The highest BCUT2D eigenvalue weighted by Gasteiger charge is 2.37. The number of hydrogen-bond acceptors (Lipinski definition) is 7. The van der Waals surface area contributed by atoms with E-state index >= 15 is 0 Å². The van der Waals surface area contributed by atoms with Gasteiger partial charge in [0.2, 0.25) is 11.7 Å². The molecule has 0 saturated heterocycles. The number of hydrogen-bond donors (Lipinski definition) is 0. The van der Waals surface area contributed by atoms with Crippen LogP contribution in [0.25, 0.3) is 17.2 Å². The van der Waals surface area contributed by atoms with Gasteiger partial charge in [0.1, 0.15) is 18.7 Å². The predicted molar refractivity (Wildman–Crippen MR) is 120 cm³/mol. The molecule has 0 amide bonds. The van der Waals surface area contributed by atoms with Crippen LogP contribution in [0.5, 0.6) is 5.88 Å². The summed E-state index contributed by atoms with van der Waals surface area (Å²) in [5.41, 5.74) is 3.52. The monoisotopic (exact) mass is 441 g/mol. The van der Waals surface area contributed by atoms with E-state index in [9.17, 15) is 0 Å². The molecular formula is C24H23N7O2. The zero-order chi connectivity index (χ0) is 22.3. The van der Waals surface area contributed by atoms with Crippen LogP contribution in [0.2, 0.25) is 0 Å². The predicted octanol–water partition coefficient (Wildman–Crippen LogP) is 4.04. The van der Waals surface area contributed by atoms with Gasteiger partial charge in [0.25, 0.3) is 0 Å². The molecule has 4 heterocycles. The second kappa shape index (κ2) is 7.84. The van der Waals surface area contributed by atoms with Gasteiger partial charge in [-0.15, -0.1) is 15.3 Å². The van der Waals surface area contributed by atoms with Gasteiger partial charge in [0.05, 0.1) is 0 Å². The van der Waals surface area contributed by atoms with E-state index in [1.807, 2.05) is 30.5 Å². The smallest absolute Gasteiger partial charge is 0.236 e.